The Bertz CT molecular complexity index is 2270. The third-order valence-corrected chi connectivity index (χ3v) is 23.3. The molecule has 5 saturated carbocycles. The molecule has 11 aliphatic rings. The highest BCUT2D eigenvalue weighted by molar-refractivity contribution is 5.33. The van der Waals surface area contributed by atoms with E-state index in [-0.39, 0.29) is 37.1 Å². The van der Waals surface area contributed by atoms with Crippen molar-refractivity contribution >= 4 is 0 Å². The number of aliphatic hydroxyl groups is 14. The van der Waals surface area contributed by atoms with Crippen LogP contribution in [0.4, 0.5) is 0 Å². The Morgan fingerprint density at radius 2 is 0.988 bits per heavy atom. The molecule has 27 unspecified atom stereocenters. The maximum absolute atomic E-state index is 11.6. The van der Waals surface area contributed by atoms with Crippen LogP contribution in [0.15, 0.2) is 0 Å². The fourth-order valence-electron chi connectivity index (χ4n) is 18.6. The maximum atomic E-state index is 11.6. The minimum Gasteiger partial charge on any atom is -0.388 e. The molecule has 5 aliphatic carbocycles. The third kappa shape index (κ3) is 9.75. The van der Waals surface area contributed by atoms with Crippen molar-refractivity contribution in [1.29, 1.82) is 0 Å². The van der Waals surface area contributed by atoms with Crippen molar-refractivity contribution in [2.24, 2.45) is 44.8 Å². The van der Waals surface area contributed by atoms with Gasteiger partial charge in [0, 0.05) is 5.92 Å². The molecular formula is C57H94O25. The van der Waals surface area contributed by atoms with Gasteiger partial charge in [-0.3, -0.25) is 0 Å². The molecule has 25 heteroatoms. The van der Waals surface area contributed by atoms with E-state index in [0.717, 1.165) is 12.8 Å². The van der Waals surface area contributed by atoms with Crippen molar-refractivity contribution in [2.75, 3.05) is 19.8 Å². The predicted molar refractivity (Wildman–Crippen MR) is 277 cm³/mol. The highest BCUT2D eigenvalue weighted by atomic mass is 16.8. The van der Waals surface area contributed by atoms with Crippen LogP contribution in [0.3, 0.4) is 0 Å². The van der Waals surface area contributed by atoms with Gasteiger partial charge in [0.1, 0.15) is 91.6 Å². The summed E-state index contributed by atoms with van der Waals surface area (Å²) >= 11 is 0. The first-order chi connectivity index (χ1) is 38.3. The summed E-state index contributed by atoms with van der Waals surface area (Å²) in [5, 5.41) is 152. The summed E-state index contributed by atoms with van der Waals surface area (Å²) in [4.78, 5) is 0. The predicted octanol–water partition coefficient (Wildman–Crippen LogP) is -2.47. The monoisotopic (exact) mass is 1180 g/mol. The Morgan fingerprint density at radius 3 is 1.60 bits per heavy atom. The Hall–Kier alpha value is -1.00. The number of hydrogen-bond acceptors (Lipinski definition) is 25. The van der Waals surface area contributed by atoms with Crippen molar-refractivity contribution < 1.29 is 124 Å². The SMILES string of the molecule is CC1OC(O[C@H]2C[C@@]3(C)C4C[C@H](OC5OCC(O)C(O)C5O)C5C(C)(C)C(OC6OCC(O)C(O)C6OC6OCC(O)C(O)C6O)CC[C@@]56C[C@@]46CC[C@]3(C)C2C2(C)CC[C@@H](C(C)(C)OC3OC(C)C(O)C(O)C3O)O2)C(O)C(O)C1O. The van der Waals surface area contributed by atoms with E-state index in [1.807, 2.05) is 13.8 Å². The lowest BCUT2D eigenvalue weighted by atomic mass is 9.41. The Labute approximate surface area is 477 Å². The summed E-state index contributed by atoms with van der Waals surface area (Å²) in [6, 6.07) is 0. The van der Waals surface area contributed by atoms with Crippen LogP contribution < -0.4 is 0 Å². The van der Waals surface area contributed by atoms with E-state index >= 15 is 0 Å². The van der Waals surface area contributed by atoms with E-state index in [0.29, 0.717) is 44.9 Å². The number of rotatable bonds is 12. The van der Waals surface area contributed by atoms with Crippen LogP contribution in [0, 0.1) is 44.8 Å². The topological polar surface area (TPSA) is 385 Å². The lowest BCUT2D eigenvalue weighted by Crippen LogP contribution is -2.65. The zero-order valence-corrected chi connectivity index (χ0v) is 48.5. The first-order valence-corrected chi connectivity index (χ1v) is 29.9. The van der Waals surface area contributed by atoms with Crippen molar-refractivity contribution in [3.05, 3.63) is 0 Å². The summed E-state index contributed by atoms with van der Waals surface area (Å²) in [6.07, 6.45) is -28.3. The second-order valence-electron chi connectivity index (χ2n) is 28.5. The molecule has 6 saturated heterocycles. The molecule has 11 fully saturated rings. The van der Waals surface area contributed by atoms with Crippen LogP contribution in [-0.4, -0.2) is 262 Å². The first kappa shape index (κ1) is 62.6. The van der Waals surface area contributed by atoms with Crippen molar-refractivity contribution in [3.63, 3.8) is 0 Å². The second-order valence-corrected chi connectivity index (χ2v) is 28.5. The molecule has 0 radical (unpaired) electrons. The van der Waals surface area contributed by atoms with Crippen LogP contribution in [0.1, 0.15) is 120 Å². The van der Waals surface area contributed by atoms with Gasteiger partial charge >= 0.3 is 0 Å². The van der Waals surface area contributed by atoms with E-state index in [4.69, 9.17) is 52.1 Å². The molecule has 25 nitrogen and oxygen atoms in total. The number of fused-ring (bicyclic) bond motifs is 2. The fraction of sp³-hybridized carbons (Fsp3) is 1.00. The fourth-order valence-corrected chi connectivity index (χ4v) is 18.6. The first-order valence-electron chi connectivity index (χ1n) is 29.9. The molecule has 6 heterocycles. The molecule has 0 bridgehead atoms. The van der Waals surface area contributed by atoms with E-state index in [1.54, 1.807) is 13.8 Å². The third-order valence-electron chi connectivity index (χ3n) is 23.3. The highest BCUT2D eigenvalue weighted by Crippen LogP contribution is 2.89. The van der Waals surface area contributed by atoms with E-state index < -0.39 is 198 Å². The van der Waals surface area contributed by atoms with Crippen molar-refractivity contribution in [3.8, 4) is 0 Å². The molecule has 11 rings (SSSR count). The Kier molecular flexibility index (Phi) is 16.7. The van der Waals surface area contributed by atoms with E-state index in [9.17, 15) is 71.5 Å². The summed E-state index contributed by atoms with van der Waals surface area (Å²) in [5.74, 6) is -0.832. The lowest BCUT2D eigenvalue weighted by Gasteiger charge is -2.65. The zero-order chi connectivity index (χ0) is 59.5. The van der Waals surface area contributed by atoms with Gasteiger partial charge in [-0.15, -0.1) is 0 Å². The standard InChI is InChI=1S/C57H94O25/c1-22-32(61)37(66)41(70)48(75-22)78-28-17-54(8)29-16-27(77-46-39(68)34(63)24(58)18-72-46)44-51(3,4)30(79-50-43(36(65)26(60)20-74-50)80-47-40(69)35(64)25(59)19-73-47)11-13-57(44)21-56(29,57)15-14-53(54,7)45(28)55(9)12-10-31(81-55)52(5,6)82-49-42(71)38(67)33(62)23(2)76-49/h22-50,58-71H,10-21H2,1-9H3/t22?,23?,24?,25?,26?,27-,28-,29?,30?,31-,32?,33?,34?,35?,36?,37?,38?,39?,40?,41?,42?,43?,44?,45?,46?,47?,48?,49?,50?,53+,54-,55?,56-,57+/m0/s1. The van der Waals surface area contributed by atoms with Gasteiger partial charge in [-0.25, -0.2) is 0 Å². The van der Waals surface area contributed by atoms with E-state index in [2.05, 4.69) is 34.6 Å². The highest BCUT2D eigenvalue weighted by Gasteiger charge is 2.86. The van der Waals surface area contributed by atoms with E-state index in [1.165, 1.54) is 0 Å². The Morgan fingerprint density at radius 1 is 0.463 bits per heavy atom. The van der Waals surface area contributed by atoms with Gasteiger partial charge in [0.25, 0.3) is 0 Å². The molecule has 82 heavy (non-hydrogen) atoms. The average molecular weight is 1180 g/mol. The van der Waals surface area contributed by atoms with Crippen LogP contribution in [0.2, 0.25) is 0 Å². The summed E-state index contributed by atoms with van der Waals surface area (Å²) in [5.41, 5.74) is -4.72. The lowest BCUT2D eigenvalue weighted by molar-refractivity contribution is -0.359. The quantitative estimate of drug-likeness (QED) is 0.0901. The van der Waals surface area contributed by atoms with Crippen LogP contribution >= 0.6 is 0 Å². The zero-order valence-electron chi connectivity index (χ0n) is 48.5. The largest absolute Gasteiger partial charge is 0.388 e. The smallest absolute Gasteiger partial charge is 0.187 e. The van der Waals surface area contributed by atoms with Crippen LogP contribution in [0.25, 0.3) is 0 Å². The summed E-state index contributed by atoms with van der Waals surface area (Å²) in [6.45, 7) is 16.7. The molecule has 14 N–H and O–H groups in total. The van der Waals surface area contributed by atoms with Gasteiger partial charge in [-0.1, -0.05) is 27.7 Å². The minimum atomic E-state index is -1.71. The molecule has 34 atom stereocenters. The maximum Gasteiger partial charge on any atom is 0.187 e. The van der Waals surface area contributed by atoms with Gasteiger partial charge in [-0.05, 0) is 131 Å². The molecule has 0 aromatic carbocycles. The van der Waals surface area contributed by atoms with Gasteiger partial charge < -0.3 is 124 Å². The minimum absolute atomic E-state index is 0.106. The normalized spacial score (nSPS) is 58.5. The van der Waals surface area contributed by atoms with Crippen LogP contribution in [-0.2, 0) is 52.1 Å². The molecule has 472 valence electrons. The summed E-state index contributed by atoms with van der Waals surface area (Å²) < 4.78 is 70.7. The van der Waals surface area contributed by atoms with Crippen molar-refractivity contribution in [1.82, 2.24) is 0 Å². The number of hydrogen-bond donors (Lipinski definition) is 14. The summed E-state index contributed by atoms with van der Waals surface area (Å²) in [7, 11) is 0. The van der Waals surface area contributed by atoms with Gasteiger partial charge in [0.2, 0.25) is 0 Å². The van der Waals surface area contributed by atoms with Gasteiger partial charge in [-0.2, -0.15) is 0 Å². The van der Waals surface area contributed by atoms with Gasteiger partial charge in [0.05, 0.1) is 67.6 Å². The number of ether oxygens (including phenoxy) is 11. The molecule has 6 aliphatic heterocycles. The number of aliphatic hydroxyl groups excluding tert-OH is 14. The second kappa shape index (κ2) is 21.9. The molecule has 0 amide bonds. The van der Waals surface area contributed by atoms with Crippen LogP contribution in [0.5, 0.6) is 0 Å². The van der Waals surface area contributed by atoms with Crippen molar-refractivity contribution in [2.45, 2.75) is 291 Å². The average Bonchev–Trinajstić information content (AvgIpc) is 1.54. The molecular weight excluding hydrogens is 1080 g/mol. The van der Waals surface area contributed by atoms with Gasteiger partial charge in [0.15, 0.2) is 31.5 Å². The Balaban J connectivity index is 0.925. The molecule has 0 aromatic rings. The molecule has 0 aromatic heterocycles. The molecule has 2 spiro atoms.